The number of hydrogen-bond acceptors (Lipinski definition) is 4. The minimum absolute atomic E-state index is 0.426. The minimum atomic E-state index is 0.426. The van der Waals surface area contributed by atoms with Gasteiger partial charge in [-0.1, -0.05) is 5.16 Å². The Hall–Kier alpha value is -0.900. The van der Waals surface area contributed by atoms with Crippen LogP contribution in [0.3, 0.4) is 0 Å². The summed E-state index contributed by atoms with van der Waals surface area (Å²) in [6, 6.07) is 0.475. The van der Waals surface area contributed by atoms with E-state index < -0.39 is 0 Å². The van der Waals surface area contributed by atoms with Crippen LogP contribution in [-0.4, -0.2) is 22.7 Å². The zero-order valence-corrected chi connectivity index (χ0v) is 8.36. The summed E-state index contributed by atoms with van der Waals surface area (Å²) in [6.45, 7) is 3.24. The number of hydrogen-bond donors (Lipinski definition) is 1. The average molecular weight is 193 g/mol. The van der Waals surface area contributed by atoms with Crippen LogP contribution in [0.2, 0.25) is 0 Å². The summed E-state index contributed by atoms with van der Waals surface area (Å²) in [5, 5.41) is 7.44. The minimum Gasteiger partial charge on any atom is -0.339 e. The molecule has 2 fully saturated rings. The van der Waals surface area contributed by atoms with Crippen LogP contribution >= 0.6 is 0 Å². The molecule has 2 heterocycles. The second-order valence-electron chi connectivity index (χ2n) is 4.40. The summed E-state index contributed by atoms with van der Waals surface area (Å²) >= 11 is 0. The summed E-state index contributed by atoms with van der Waals surface area (Å²) in [5.41, 5.74) is 0. The molecule has 1 saturated carbocycles. The second kappa shape index (κ2) is 3.05. The number of aromatic nitrogens is 2. The SMILES string of the molecule is CC1NCCC1c1nc(C2CC2)no1. The van der Waals surface area contributed by atoms with Gasteiger partial charge in [0.1, 0.15) is 0 Å². The molecule has 1 aromatic rings. The molecule has 1 aromatic heterocycles. The molecule has 1 aliphatic carbocycles. The number of rotatable bonds is 2. The highest BCUT2D eigenvalue weighted by atomic mass is 16.5. The van der Waals surface area contributed by atoms with Crippen LogP contribution in [0.4, 0.5) is 0 Å². The summed E-state index contributed by atoms with van der Waals surface area (Å²) < 4.78 is 5.32. The molecule has 1 N–H and O–H groups in total. The zero-order valence-electron chi connectivity index (χ0n) is 8.36. The Balaban J connectivity index is 1.81. The topological polar surface area (TPSA) is 51.0 Å². The maximum atomic E-state index is 5.32. The third-order valence-electron chi connectivity index (χ3n) is 3.24. The molecule has 76 valence electrons. The summed E-state index contributed by atoms with van der Waals surface area (Å²) in [5.74, 6) is 2.79. The molecule has 4 nitrogen and oxygen atoms in total. The molecule has 0 radical (unpaired) electrons. The molecule has 2 atom stereocenters. The molecule has 0 amide bonds. The van der Waals surface area contributed by atoms with Crippen LogP contribution < -0.4 is 5.32 Å². The van der Waals surface area contributed by atoms with Gasteiger partial charge in [0, 0.05) is 12.0 Å². The van der Waals surface area contributed by atoms with E-state index >= 15 is 0 Å². The van der Waals surface area contributed by atoms with Gasteiger partial charge in [-0.3, -0.25) is 0 Å². The van der Waals surface area contributed by atoms with E-state index in [1.165, 1.54) is 12.8 Å². The molecule has 1 saturated heterocycles. The van der Waals surface area contributed by atoms with Crippen LogP contribution in [0, 0.1) is 0 Å². The Labute approximate surface area is 83.1 Å². The largest absolute Gasteiger partial charge is 0.339 e. The average Bonchev–Trinajstić information content (AvgIpc) is 2.75. The third kappa shape index (κ3) is 1.34. The van der Waals surface area contributed by atoms with Gasteiger partial charge in [0.05, 0.1) is 5.92 Å². The molecule has 14 heavy (non-hydrogen) atoms. The summed E-state index contributed by atoms with van der Waals surface area (Å²) in [6.07, 6.45) is 3.59. The van der Waals surface area contributed by atoms with Crippen LogP contribution in [0.1, 0.15) is 49.7 Å². The van der Waals surface area contributed by atoms with Crippen molar-refractivity contribution in [2.75, 3.05) is 6.54 Å². The molecule has 0 bridgehead atoms. The van der Waals surface area contributed by atoms with Crippen molar-refractivity contribution < 1.29 is 4.52 Å². The maximum Gasteiger partial charge on any atom is 0.231 e. The smallest absolute Gasteiger partial charge is 0.231 e. The summed E-state index contributed by atoms with van der Waals surface area (Å²) in [7, 11) is 0. The lowest BCUT2D eigenvalue weighted by molar-refractivity contribution is 0.341. The predicted molar refractivity (Wildman–Crippen MR) is 51.1 cm³/mol. The van der Waals surface area contributed by atoms with Crippen molar-refractivity contribution in [3.05, 3.63) is 11.7 Å². The van der Waals surface area contributed by atoms with E-state index in [0.717, 1.165) is 24.7 Å². The van der Waals surface area contributed by atoms with Gasteiger partial charge >= 0.3 is 0 Å². The lowest BCUT2D eigenvalue weighted by Gasteiger charge is -2.08. The molecule has 2 aliphatic rings. The van der Waals surface area contributed by atoms with Crippen molar-refractivity contribution in [3.63, 3.8) is 0 Å². The van der Waals surface area contributed by atoms with Crippen LogP contribution in [-0.2, 0) is 0 Å². The van der Waals surface area contributed by atoms with Gasteiger partial charge < -0.3 is 9.84 Å². The van der Waals surface area contributed by atoms with Crippen molar-refractivity contribution in [1.29, 1.82) is 0 Å². The van der Waals surface area contributed by atoms with Crippen LogP contribution in [0.15, 0.2) is 4.52 Å². The van der Waals surface area contributed by atoms with E-state index in [4.69, 9.17) is 4.52 Å². The second-order valence-corrected chi connectivity index (χ2v) is 4.40. The van der Waals surface area contributed by atoms with Crippen LogP contribution in [0.5, 0.6) is 0 Å². The van der Waals surface area contributed by atoms with Gasteiger partial charge in [-0.2, -0.15) is 4.98 Å². The van der Waals surface area contributed by atoms with E-state index in [9.17, 15) is 0 Å². The molecule has 1 aliphatic heterocycles. The molecular formula is C10H15N3O. The van der Waals surface area contributed by atoms with Crippen molar-refractivity contribution in [2.45, 2.75) is 44.1 Å². The van der Waals surface area contributed by atoms with Gasteiger partial charge in [0.2, 0.25) is 5.89 Å². The van der Waals surface area contributed by atoms with Crippen molar-refractivity contribution in [1.82, 2.24) is 15.5 Å². The molecule has 2 unspecified atom stereocenters. The first-order valence-electron chi connectivity index (χ1n) is 5.41. The highest BCUT2D eigenvalue weighted by Crippen LogP contribution is 2.39. The normalized spacial score (nSPS) is 32.4. The van der Waals surface area contributed by atoms with Gasteiger partial charge in [-0.05, 0) is 32.7 Å². The fraction of sp³-hybridized carbons (Fsp3) is 0.800. The Kier molecular flexibility index (Phi) is 1.83. The molecule has 3 rings (SSSR count). The monoisotopic (exact) mass is 193 g/mol. The molecule has 0 aromatic carbocycles. The molecule has 0 spiro atoms. The first kappa shape index (κ1) is 8.41. The van der Waals surface area contributed by atoms with Gasteiger partial charge in [0.25, 0.3) is 0 Å². The third-order valence-corrected chi connectivity index (χ3v) is 3.24. The Bertz CT molecular complexity index is 332. The highest BCUT2D eigenvalue weighted by Gasteiger charge is 2.33. The first-order chi connectivity index (χ1) is 6.84. The maximum absolute atomic E-state index is 5.32. The highest BCUT2D eigenvalue weighted by molar-refractivity contribution is 5.07. The molecular weight excluding hydrogens is 178 g/mol. The zero-order chi connectivity index (χ0) is 9.54. The first-order valence-corrected chi connectivity index (χ1v) is 5.41. The fourth-order valence-electron chi connectivity index (χ4n) is 2.10. The molecule has 4 heteroatoms. The van der Waals surface area contributed by atoms with Crippen molar-refractivity contribution >= 4 is 0 Å². The van der Waals surface area contributed by atoms with Gasteiger partial charge in [-0.15, -0.1) is 0 Å². The van der Waals surface area contributed by atoms with E-state index in [0.29, 0.717) is 17.9 Å². The Morgan fingerprint density at radius 3 is 2.86 bits per heavy atom. The lowest BCUT2D eigenvalue weighted by Crippen LogP contribution is -2.21. The Morgan fingerprint density at radius 2 is 2.21 bits per heavy atom. The lowest BCUT2D eigenvalue weighted by atomic mass is 10.0. The van der Waals surface area contributed by atoms with Crippen molar-refractivity contribution in [3.8, 4) is 0 Å². The van der Waals surface area contributed by atoms with Crippen molar-refractivity contribution in [2.24, 2.45) is 0 Å². The summed E-state index contributed by atoms with van der Waals surface area (Å²) in [4.78, 5) is 4.49. The van der Waals surface area contributed by atoms with E-state index in [1.807, 2.05) is 0 Å². The van der Waals surface area contributed by atoms with E-state index in [-0.39, 0.29) is 0 Å². The van der Waals surface area contributed by atoms with Gasteiger partial charge in [0.15, 0.2) is 5.82 Å². The number of nitrogens with zero attached hydrogens (tertiary/aromatic N) is 2. The standard InChI is InChI=1S/C10H15N3O/c1-6-8(4-5-11-6)10-12-9(13-14-10)7-2-3-7/h6-8,11H,2-5H2,1H3. The quantitative estimate of drug-likeness (QED) is 0.771. The number of nitrogens with one attached hydrogen (secondary N) is 1. The van der Waals surface area contributed by atoms with E-state index in [1.54, 1.807) is 0 Å². The Morgan fingerprint density at radius 1 is 1.36 bits per heavy atom. The van der Waals surface area contributed by atoms with E-state index in [2.05, 4.69) is 22.4 Å². The van der Waals surface area contributed by atoms with Crippen LogP contribution in [0.25, 0.3) is 0 Å². The fourth-order valence-corrected chi connectivity index (χ4v) is 2.10. The van der Waals surface area contributed by atoms with Gasteiger partial charge in [-0.25, -0.2) is 0 Å². The predicted octanol–water partition coefficient (Wildman–Crippen LogP) is 1.41.